The van der Waals surface area contributed by atoms with Crippen molar-refractivity contribution in [2.75, 3.05) is 5.32 Å². The lowest BCUT2D eigenvalue weighted by atomic mass is 10.1. The molecule has 1 heterocycles. The molecule has 0 radical (unpaired) electrons. The summed E-state index contributed by atoms with van der Waals surface area (Å²) in [5.74, 6) is -1.40. The van der Waals surface area contributed by atoms with Crippen LogP contribution in [0, 0.1) is 6.92 Å². The second-order valence-electron chi connectivity index (χ2n) is 4.60. The number of nitrogens with one attached hydrogen (secondary N) is 1. The number of carbonyl (C=O) groups excluding carboxylic acids is 1. The van der Waals surface area contributed by atoms with E-state index in [-0.39, 0.29) is 17.2 Å². The molecule has 0 unspecified atom stereocenters. The number of para-hydroxylation sites is 1. The molecule has 0 spiro atoms. The van der Waals surface area contributed by atoms with Crippen LogP contribution in [0.3, 0.4) is 0 Å². The molecule has 0 atom stereocenters. The average Bonchev–Trinajstić information content (AvgIpc) is 2.47. The predicted molar refractivity (Wildman–Crippen MR) is 79.7 cm³/mol. The van der Waals surface area contributed by atoms with Crippen LogP contribution in [0.25, 0.3) is 0 Å². The van der Waals surface area contributed by atoms with Crippen molar-refractivity contribution in [1.82, 2.24) is 4.98 Å². The van der Waals surface area contributed by atoms with E-state index in [4.69, 9.17) is 5.11 Å². The van der Waals surface area contributed by atoms with Gasteiger partial charge >= 0.3 is 5.97 Å². The lowest BCUT2D eigenvalue weighted by Gasteiger charge is -2.10. The molecule has 2 aromatic rings. The molecule has 0 aliphatic rings. The van der Waals surface area contributed by atoms with Gasteiger partial charge in [0.15, 0.2) is 0 Å². The summed E-state index contributed by atoms with van der Waals surface area (Å²) in [4.78, 5) is 27.2. The quantitative estimate of drug-likeness (QED) is 0.904. The van der Waals surface area contributed by atoms with Crippen LogP contribution in [-0.4, -0.2) is 22.0 Å². The second-order valence-corrected chi connectivity index (χ2v) is 4.60. The number of aromatic carboxylic acids is 1. The highest BCUT2D eigenvalue weighted by Crippen LogP contribution is 2.16. The summed E-state index contributed by atoms with van der Waals surface area (Å²) in [6, 6.07) is 10.3. The minimum absolute atomic E-state index is 0.0977. The highest BCUT2D eigenvalue weighted by Gasteiger charge is 2.14. The minimum atomic E-state index is -1.05. The summed E-state index contributed by atoms with van der Waals surface area (Å²) in [5.41, 5.74) is 2.39. The van der Waals surface area contributed by atoms with Crippen LogP contribution in [-0.2, 0) is 6.42 Å². The largest absolute Gasteiger partial charge is 0.478 e. The van der Waals surface area contributed by atoms with Crippen LogP contribution in [0.5, 0.6) is 0 Å². The molecule has 0 saturated carbocycles. The van der Waals surface area contributed by atoms with Crippen molar-refractivity contribution < 1.29 is 14.7 Å². The third-order valence-electron chi connectivity index (χ3n) is 3.20. The van der Waals surface area contributed by atoms with Crippen molar-refractivity contribution >= 4 is 17.6 Å². The van der Waals surface area contributed by atoms with Crippen molar-refractivity contribution in [2.45, 2.75) is 20.3 Å². The monoisotopic (exact) mass is 284 g/mol. The number of carboxylic acids is 1. The van der Waals surface area contributed by atoms with E-state index in [1.165, 1.54) is 12.1 Å². The Balaban J connectivity index is 2.25. The van der Waals surface area contributed by atoms with E-state index in [1.807, 2.05) is 31.2 Å². The zero-order valence-corrected chi connectivity index (χ0v) is 11.9. The molecule has 21 heavy (non-hydrogen) atoms. The van der Waals surface area contributed by atoms with Gasteiger partial charge in [-0.05, 0) is 37.1 Å². The number of pyridine rings is 1. The number of hydrogen-bond donors (Lipinski definition) is 2. The maximum absolute atomic E-state index is 12.2. The maximum atomic E-state index is 12.2. The molecule has 2 rings (SSSR count). The number of amides is 1. The van der Waals surface area contributed by atoms with E-state index >= 15 is 0 Å². The molecule has 5 nitrogen and oxygen atoms in total. The summed E-state index contributed by atoms with van der Waals surface area (Å²) in [6.07, 6.45) is 0.806. The van der Waals surface area contributed by atoms with Crippen molar-refractivity contribution in [2.24, 2.45) is 0 Å². The van der Waals surface area contributed by atoms with E-state index in [0.717, 1.165) is 17.7 Å². The second kappa shape index (κ2) is 6.17. The lowest BCUT2D eigenvalue weighted by Crippen LogP contribution is -2.16. The molecule has 5 heteroatoms. The standard InChI is InChI=1S/C16H16N2O3/c1-3-11-6-4-5-7-13(11)18-15(19)14-9-8-12(16(20)21)10(2)17-14/h4-9H,3H2,1-2H3,(H,18,19)(H,20,21). The molecule has 0 saturated heterocycles. The molecule has 1 aromatic carbocycles. The molecule has 0 aliphatic heterocycles. The van der Waals surface area contributed by atoms with Gasteiger partial charge in [0.2, 0.25) is 0 Å². The first kappa shape index (κ1) is 14.7. The zero-order chi connectivity index (χ0) is 15.4. The van der Waals surface area contributed by atoms with Gasteiger partial charge < -0.3 is 10.4 Å². The van der Waals surface area contributed by atoms with Gasteiger partial charge in [-0.25, -0.2) is 9.78 Å². The van der Waals surface area contributed by atoms with Crippen LogP contribution >= 0.6 is 0 Å². The average molecular weight is 284 g/mol. The summed E-state index contributed by atoms with van der Waals surface area (Å²) < 4.78 is 0. The number of hydrogen-bond acceptors (Lipinski definition) is 3. The Morgan fingerprint density at radius 2 is 1.90 bits per heavy atom. The van der Waals surface area contributed by atoms with Gasteiger partial charge in [-0.2, -0.15) is 0 Å². The van der Waals surface area contributed by atoms with Gasteiger partial charge in [0, 0.05) is 5.69 Å². The highest BCUT2D eigenvalue weighted by atomic mass is 16.4. The minimum Gasteiger partial charge on any atom is -0.478 e. The Hall–Kier alpha value is -2.69. The van der Waals surface area contributed by atoms with E-state index in [1.54, 1.807) is 6.92 Å². The van der Waals surface area contributed by atoms with Gasteiger partial charge in [0.05, 0.1) is 11.3 Å². The number of aryl methyl sites for hydroxylation is 2. The predicted octanol–water partition coefficient (Wildman–Crippen LogP) is 2.90. The van der Waals surface area contributed by atoms with Crippen molar-refractivity contribution in [1.29, 1.82) is 0 Å². The van der Waals surface area contributed by atoms with Gasteiger partial charge in [-0.15, -0.1) is 0 Å². The first-order valence-electron chi connectivity index (χ1n) is 6.63. The van der Waals surface area contributed by atoms with Gasteiger partial charge in [-0.3, -0.25) is 4.79 Å². The zero-order valence-electron chi connectivity index (χ0n) is 11.9. The van der Waals surface area contributed by atoms with Crippen LogP contribution in [0.4, 0.5) is 5.69 Å². The number of carbonyl (C=O) groups is 2. The molecular weight excluding hydrogens is 268 g/mol. The van der Waals surface area contributed by atoms with E-state index < -0.39 is 5.97 Å². The van der Waals surface area contributed by atoms with Gasteiger partial charge in [0.1, 0.15) is 5.69 Å². The maximum Gasteiger partial charge on any atom is 0.337 e. The number of benzene rings is 1. The van der Waals surface area contributed by atoms with Gasteiger partial charge in [0.25, 0.3) is 5.91 Å². The highest BCUT2D eigenvalue weighted by molar-refractivity contribution is 6.03. The topological polar surface area (TPSA) is 79.3 Å². The molecule has 0 aliphatic carbocycles. The third-order valence-corrected chi connectivity index (χ3v) is 3.20. The first-order chi connectivity index (χ1) is 10.0. The Morgan fingerprint density at radius 3 is 2.52 bits per heavy atom. The lowest BCUT2D eigenvalue weighted by molar-refractivity contribution is 0.0695. The Labute approximate surface area is 122 Å². The Bertz CT molecular complexity index is 696. The fourth-order valence-corrected chi connectivity index (χ4v) is 2.05. The molecule has 2 N–H and O–H groups in total. The summed E-state index contributed by atoms with van der Waals surface area (Å²) in [7, 11) is 0. The molecule has 108 valence electrons. The fourth-order valence-electron chi connectivity index (χ4n) is 2.05. The number of rotatable bonds is 4. The van der Waals surface area contributed by atoms with Crippen LogP contribution in [0.2, 0.25) is 0 Å². The SMILES string of the molecule is CCc1ccccc1NC(=O)c1ccc(C(=O)O)c(C)n1. The molecule has 1 aromatic heterocycles. The van der Waals surface area contributed by atoms with Gasteiger partial charge in [-0.1, -0.05) is 25.1 Å². The van der Waals surface area contributed by atoms with Crippen molar-refractivity contribution in [3.05, 3.63) is 58.9 Å². The normalized spacial score (nSPS) is 10.2. The molecule has 0 fully saturated rings. The Kier molecular flexibility index (Phi) is 4.33. The molecular formula is C16H16N2O3. The first-order valence-corrected chi connectivity index (χ1v) is 6.63. The van der Waals surface area contributed by atoms with Crippen LogP contribution in [0.15, 0.2) is 36.4 Å². The number of carboxylic acid groups (broad SMARTS) is 1. The number of anilines is 1. The van der Waals surface area contributed by atoms with E-state index in [0.29, 0.717) is 5.69 Å². The van der Waals surface area contributed by atoms with Crippen LogP contribution < -0.4 is 5.32 Å². The fraction of sp³-hybridized carbons (Fsp3) is 0.188. The van der Waals surface area contributed by atoms with E-state index in [2.05, 4.69) is 10.3 Å². The van der Waals surface area contributed by atoms with Crippen molar-refractivity contribution in [3.63, 3.8) is 0 Å². The summed E-state index contributed by atoms with van der Waals surface area (Å²) in [5, 5.41) is 11.8. The molecule has 1 amide bonds. The van der Waals surface area contributed by atoms with E-state index in [9.17, 15) is 9.59 Å². The smallest absolute Gasteiger partial charge is 0.337 e. The third kappa shape index (κ3) is 3.25. The van der Waals surface area contributed by atoms with Crippen molar-refractivity contribution in [3.8, 4) is 0 Å². The number of nitrogens with zero attached hydrogens (tertiary/aromatic N) is 1. The van der Waals surface area contributed by atoms with Crippen LogP contribution in [0.1, 0.15) is 39.0 Å². The summed E-state index contributed by atoms with van der Waals surface area (Å²) in [6.45, 7) is 3.58. The number of aromatic nitrogens is 1. The molecule has 0 bridgehead atoms. The summed E-state index contributed by atoms with van der Waals surface area (Å²) >= 11 is 0. The Morgan fingerprint density at radius 1 is 1.19 bits per heavy atom.